The number of aromatic carboxylic acids is 1. The van der Waals surface area contributed by atoms with E-state index in [1.165, 1.54) is 13.2 Å². The van der Waals surface area contributed by atoms with E-state index in [9.17, 15) is 9.59 Å². The van der Waals surface area contributed by atoms with Crippen molar-refractivity contribution in [2.24, 2.45) is 5.73 Å². The quantitative estimate of drug-likeness (QED) is 0.790. The minimum absolute atomic E-state index is 0.0183. The minimum Gasteiger partial charge on any atom is -0.496 e. The first kappa shape index (κ1) is 12.5. The van der Waals surface area contributed by atoms with Gasteiger partial charge in [-0.25, -0.2) is 4.79 Å². The Hall–Kier alpha value is -2.55. The van der Waals surface area contributed by atoms with Crippen molar-refractivity contribution < 1.29 is 19.4 Å². The molecule has 0 aliphatic heterocycles. The number of carbonyl (C=O) groups excluding carboxylic acids is 1. The molecule has 0 fully saturated rings. The highest BCUT2D eigenvalue weighted by molar-refractivity contribution is 5.99. The molecule has 0 atom stereocenters. The molecule has 0 spiro atoms. The number of ether oxygens (including phenoxy) is 1. The van der Waals surface area contributed by atoms with E-state index in [1.807, 2.05) is 6.07 Å². The number of nitriles is 1. The van der Waals surface area contributed by atoms with E-state index in [2.05, 4.69) is 0 Å². The monoisotopic (exact) mass is 234 g/mol. The van der Waals surface area contributed by atoms with Gasteiger partial charge in [-0.3, -0.25) is 4.79 Å². The topological polar surface area (TPSA) is 113 Å². The lowest BCUT2D eigenvalue weighted by atomic mass is 10.00. The molecule has 0 saturated carbocycles. The summed E-state index contributed by atoms with van der Waals surface area (Å²) in [4.78, 5) is 22.1. The summed E-state index contributed by atoms with van der Waals surface area (Å²) in [7, 11) is 1.31. The molecular formula is C11H10N2O4. The number of carbonyl (C=O) groups is 2. The van der Waals surface area contributed by atoms with Crippen LogP contribution in [0.2, 0.25) is 0 Å². The maximum atomic E-state index is 11.2. The summed E-state index contributed by atoms with van der Waals surface area (Å²) in [5.41, 5.74) is 5.33. The second kappa shape index (κ2) is 4.99. The summed E-state index contributed by atoms with van der Waals surface area (Å²) in [6.07, 6.45) is -0.0471. The lowest BCUT2D eigenvalue weighted by Gasteiger charge is -2.09. The number of primary amides is 1. The van der Waals surface area contributed by atoms with Gasteiger partial charge in [-0.05, 0) is 17.7 Å². The van der Waals surface area contributed by atoms with Crippen LogP contribution in [-0.4, -0.2) is 24.1 Å². The summed E-state index contributed by atoms with van der Waals surface area (Å²) in [5, 5.41) is 17.5. The van der Waals surface area contributed by atoms with Crippen LogP contribution in [0.4, 0.5) is 0 Å². The molecular weight excluding hydrogens is 224 g/mol. The molecule has 0 aliphatic rings. The number of rotatable bonds is 4. The molecule has 0 unspecified atom stereocenters. The number of carboxylic acid groups (broad SMARTS) is 1. The standard InChI is InChI=1S/C11H10N2O4/c1-17-9-4-6(2-3-12)7(10(13)14)5-8(9)11(15)16/h4-5H,2H2,1H3,(H2,13,14)(H,15,16). The van der Waals surface area contributed by atoms with Crippen molar-refractivity contribution in [3.05, 3.63) is 28.8 Å². The number of nitrogens with two attached hydrogens (primary N) is 1. The second-order valence-corrected chi connectivity index (χ2v) is 3.21. The molecule has 17 heavy (non-hydrogen) atoms. The number of carboxylic acids is 1. The van der Waals surface area contributed by atoms with Gasteiger partial charge in [0.15, 0.2) is 0 Å². The highest BCUT2D eigenvalue weighted by Crippen LogP contribution is 2.24. The Kier molecular flexibility index (Phi) is 3.67. The number of amides is 1. The largest absolute Gasteiger partial charge is 0.496 e. The van der Waals surface area contributed by atoms with E-state index in [1.54, 1.807) is 0 Å². The molecule has 0 bridgehead atoms. The average molecular weight is 234 g/mol. The highest BCUT2D eigenvalue weighted by Gasteiger charge is 2.18. The molecule has 0 saturated heterocycles. The molecule has 1 aromatic rings. The van der Waals surface area contributed by atoms with Crippen LogP contribution in [0.5, 0.6) is 5.75 Å². The molecule has 6 nitrogen and oxygen atoms in total. The first-order valence-electron chi connectivity index (χ1n) is 4.62. The molecule has 1 aromatic carbocycles. The van der Waals surface area contributed by atoms with Crippen molar-refractivity contribution in [2.45, 2.75) is 6.42 Å². The van der Waals surface area contributed by atoms with Crippen LogP contribution >= 0.6 is 0 Å². The minimum atomic E-state index is -1.23. The SMILES string of the molecule is COc1cc(CC#N)c(C(N)=O)cc1C(=O)O. The molecule has 0 aromatic heterocycles. The first-order chi connectivity index (χ1) is 8.01. The Morgan fingerprint density at radius 3 is 2.53 bits per heavy atom. The van der Waals surface area contributed by atoms with Crippen LogP contribution in [0, 0.1) is 11.3 Å². The van der Waals surface area contributed by atoms with E-state index in [4.69, 9.17) is 20.8 Å². The van der Waals surface area contributed by atoms with Gasteiger partial charge in [0, 0.05) is 5.56 Å². The number of methoxy groups -OCH3 is 1. The number of nitrogens with zero attached hydrogens (tertiary/aromatic N) is 1. The first-order valence-corrected chi connectivity index (χ1v) is 4.62. The lowest BCUT2D eigenvalue weighted by molar-refractivity contribution is 0.0693. The van der Waals surface area contributed by atoms with Crippen molar-refractivity contribution in [3.63, 3.8) is 0 Å². The molecule has 0 heterocycles. The number of hydrogen-bond acceptors (Lipinski definition) is 4. The average Bonchev–Trinajstić information content (AvgIpc) is 2.28. The molecule has 88 valence electrons. The van der Waals surface area contributed by atoms with Crippen molar-refractivity contribution in [1.82, 2.24) is 0 Å². The molecule has 6 heteroatoms. The van der Waals surface area contributed by atoms with E-state index >= 15 is 0 Å². The van der Waals surface area contributed by atoms with Crippen LogP contribution in [0.15, 0.2) is 12.1 Å². The maximum absolute atomic E-state index is 11.2. The predicted molar refractivity (Wildman–Crippen MR) is 57.8 cm³/mol. The molecule has 1 amide bonds. The van der Waals surface area contributed by atoms with Gasteiger partial charge >= 0.3 is 5.97 Å². The van der Waals surface area contributed by atoms with Crippen molar-refractivity contribution in [1.29, 1.82) is 5.26 Å². The Labute approximate surface area is 97.2 Å². The summed E-state index contributed by atoms with van der Waals surface area (Å²) in [6, 6.07) is 4.33. The van der Waals surface area contributed by atoms with Gasteiger partial charge in [-0.1, -0.05) is 0 Å². The Balaban J connectivity index is 3.48. The van der Waals surface area contributed by atoms with Gasteiger partial charge < -0.3 is 15.6 Å². The summed E-state index contributed by atoms with van der Waals surface area (Å²) in [6.45, 7) is 0. The third-order valence-corrected chi connectivity index (χ3v) is 2.19. The summed E-state index contributed by atoms with van der Waals surface area (Å²) in [5.74, 6) is -1.92. The van der Waals surface area contributed by atoms with Crippen LogP contribution < -0.4 is 10.5 Å². The molecule has 3 N–H and O–H groups in total. The van der Waals surface area contributed by atoms with Crippen LogP contribution in [0.1, 0.15) is 26.3 Å². The number of hydrogen-bond donors (Lipinski definition) is 2. The summed E-state index contributed by atoms with van der Waals surface area (Å²) < 4.78 is 4.89. The zero-order chi connectivity index (χ0) is 13.0. The van der Waals surface area contributed by atoms with Crippen molar-refractivity contribution in [3.8, 4) is 11.8 Å². The molecule has 1 rings (SSSR count). The zero-order valence-corrected chi connectivity index (χ0v) is 9.06. The molecule has 0 aliphatic carbocycles. The van der Waals surface area contributed by atoms with Crippen molar-refractivity contribution in [2.75, 3.05) is 7.11 Å². The second-order valence-electron chi connectivity index (χ2n) is 3.21. The van der Waals surface area contributed by atoms with Gasteiger partial charge in [0.2, 0.25) is 5.91 Å². The van der Waals surface area contributed by atoms with E-state index < -0.39 is 11.9 Å². The van der Waals surface area contributed by atoms with Crippen LogP contribution in [0.25, 0.3) is 0 Å². The van der Waals surface area contributed by atoms with E-state index in [0.29, 0.717) is 5.56 Å². The van der Waals surface area contributed by atoms with Crippen molar-refractivity contribution >= 4 is 11.9 Å². The fraction of sp³-hybridized carbons (Fsp3) is 0.182. The third kappa shape index (κ3) is 2.52. The highest BCUT2D eigenvalue weighted by atomic mass is 16.5. The fourth-order valence-electron chi connectivity index (χ4n) is 1.42. The normalized spacial score (nSPS) is 9.41. The predicted octanol–water partition coefficient (Wildman–Crippen LogP) is 0.558. The lowest BCUT2D eigenvalue weighted by Crippen LogP contribution is -2.15. The van der Waals surface area contributed by atoms with E-state index in [-0.39, 0.29) is 23.3 Å². The van der Waals surface area contributed by atoms with Crippen LogP contribution in [0.3, 0.4) is 0 Å². The van der Waals surface area contributed by atoms with Gasteiger partial charge in [0.25, 0.3) is 0 Å². The van der Waals surface area contributed by atoms with E-state index in [0.717, 1.165) is 6.07 Å². The summed E-state index contributed by atoms with van der Waals surface area (Å²) >= 11 is 0. The Morgan fingerprint density at radius 2 is 2.12 bits per heavy atom. The maximum Gasteiger partial charge on any atom is 0.339 e. The van der Waals surface area contributed by atoms with Gasteiger partial charge in [0.05, 0.1) is 19.6 Å². The third-order valence-electron chi connectivity index (χ3n) is 2.19. The smallest absolute Gasteiger partial charge is 0.339 e. The molecule has 0 radical (unpaired) electrons. The van der Waals surface area contributed by atoms with Gasteiger partial charge in [-0.15, -0.1) is 0 Å². The zero-order valence-electron chi connectivity index (χ0n) is 9.06. The van der Waals surface area contributed by atoms with Crippen LogP contribution in [-0.2, 0) is 6.42 Å². The van der Waals surface area contributed by atoms with Gasteiger partial charge in [0.1, 0.15) is 11.3 Å². The number of benzene rings is 1. The Morgan fingerprint density at radius 1 is 1.47 bits per heavy atom. The Bertz CT molecular complexity index is 517. The van der Waals surface area contributed by atoms with Gasteiger partial charge in [-0.2, -0.15) is 5.26 Å². The fourth-order valence-corrected chi connectivity index (χ4v) is 1.42.